The van der Waals surface area contributed by atoms with E-state index in [0.717, 1.165) is 39.8 Å². The second-order valence-corrected chi connectivity index (χ2v) is 7.21. The van der Waals surface area contributed by atoms with Gasteiger partial charge in [-0.2, -0.15) is 13.2 Å². The number of anilines is 1. The molecule has 0 spiro atoms. The average Bonchev–Trinajstić information content (AvgIpc) is 3.12. The van der Waals surface area contributed by atoms with E-state index in [4.69, 9.17) is 4.74 Å². The molecule has 3 nitrogen and oxygen atoms in total. The smallest absolute Gasteiger partial charge is 0.418 e. The van der Waals surface area contributed by atoms with Crippen LogP contribution >= 0.6 is 11.3 Å². The molecule has 1 amide bonds. The minimum absolute atomic E-state index is 0.262. The molecule has 1 aromatic heterocycles. The lowest BCUT2D eigenvalue weighted by Gasteiger charge is -2.12. The van der Waals surface area contributed by atoms with Crippen LogP contribution in [-0.2, 0) is 12.8 Å². The Kier molecular flexibility index (Phi) is 5.74. The number of thiophene rings is 1. The molecule has 0 saturated heterocycles. The highest BCUT2D eigenvalue weighted by Gasteiger charge is 2.33. The molecule has 1 heterocycles. The molecule has 0 saturated carbocycles. The van der Waals surface area contributed by atoms with E-state index in [0.29, 0.717) is 4.88 Å². The molecule has 0 aliphatic carbocycles. The van der Waals surface area contributed by atoms with Crippen molar-refractivity contribution in [2.24, 2.45) is 0 Å². The fraction of sp³-hybridized carbons (Fsp3) is 0.190. The number of halogens is 3. The number of amides is 1. The van der Waals surface area contributed by atoms with Crippen molar-refractivity contribution in [3.63, 3.8) is 0 Å². The van der Waals surface area contributed by atoms with Crippen LogP contribution in [0.15, 0.2) is 53.9 Å². The molecule has 3 aromatic rings. The van der Waals surface area contributed by atoms with Gasteiger partial charge in [-0.3, -0.25) is 4.79 Å². The Morgan fingerprint density at radius 2 is 1.86 bits per heavy atom. The molecule has 3 rings (SSSR count). The molecule has 0 aliphatic rings. The van der Waals surface area contributed by atoms with Crippen LogP contribution in [0.1, 0.15) is 31.9 Å². The Balaban J connectivity index is 1.69. The number of hydrogen-bond acceptors (Lipinski definition) is 3. The van der Waals surface area contributed by atoms with Crippen molar-refractivity contribution < 1.29 is 22.7 Å². The Hall–Kier alpha value is -2.80. The van der Waals surface area contributed by atoms with Crippen LogP contribution in [0, 0.1) is 13.8 Å². The number of carbonyl (C=O) groups excluding carboxylic acids is 1. The fourth-order valence-electron chi connectivity index (χ4n) is 2.64. The summed E-state index contributed by atoms with van der Waals surface area (Å²) >= 11 is 1.16. The van der Waals surface area contributed by atoms with E-state index in [1.54, 1.807) is 11.4 Å². The van der Waals surface area contributed by atoms with Gasteiger partial charge in [0.2, 0.25) is 0 Å². The first-order valence-corrected chi connectivity index (χ1v) is 9.37. The number of benzene rings is 2. The number of rotatable bonds is 5. The van der Waals surface area contributed by atoms with Gasteiger partial charge in [0, 0.05) is 5.56 Å². The molecule has 1 N–H and O–H groups in total. The Bertz CT molecular complexity index is 995. The van der Waals surface area contributed by atoms with Crippen LogP contribution in [0.2, 0.25) is 0 Å². The molecule has 0 bridgehead atoms. The number of carbonyl (C=O) groups is 1. The molecule has 0 radical (unpaired) electrons. The Labute approximate surface area is 164 Å². The zero-order chi connectivity index (χ0) is 20.3. The summed E-state index contributed by atoms with van der Waals surface area (Å²) < 4.78 is 45.0. The summed E-state index contributed by atoms with van der Waals surface area (Å²) in [6, 6.07) is 12.3. The van der Waals surface area contributed by atoms with Crippen molar-refractivity contribution in [2.45, 2.75) is 26.6 Å². The fourth-order valence-corrected chi connectivity index (χ4v) is 3.43. The van der Waals surface area contributed by atoms with Crippen molar-refractivity contribution in [2.75, 3.05) is 5.32 Å². The summed E-state index contributed by atoms with van der Waals surface area (Å²) in [6.45, 7) is 4.23. The normalized spacial score (nSPS) is 11.3. The molecule has 28 heavy (non-hydrogen) atoms. The van der Waals surface area contributed by atoms with Crippen LogP contribution in [0.3, 0.4) is 0 Å². The summed E-state index contributed by atoms with van der Waals surface area (Å²) in [4.78, 5) is 12.7. The van der Waals surface area contributed by atoms with E-state index in [1.807, 2.05) is 32.0 Å². The maximum Gasteiger partial charge on any atom is 0.418 e. The maximum absolute atomic E-state index is 13.1. The summed E-state index contributed by atoms with van der Waals surface area (Å²) in [6.07, 6.45) is -4.54. The second kappa shape index (κ2) is 8.06. The topological polar surface area (TPSA) is 38.3 Å². The Morgan fingerprint density at radius 1 is 1.11 bits per heavy atom. The van der Waals surface area contributed by atoms with Gasteiger partial charge in [-0.1, -0.05) is 24.3 Å². The summed E-state index contributed by atoms with van der Waals surface area (Å²) in [5.74, 6) is 0.177. The zero-order valence-corrected chi connectivity index (χ0v) is 16.1. The minimum atomic E-state index is -4.54. The summed E-state index contributed by atoms with van der Waals surface area (Å²) in [5.41, 5.74) is 1.80. The van der Waals surface area contributed by atoms with E-state index in [2.05, 4.69) is 5.32 Å². The van der Waals surface area contributed by atoms with Gasteiger partial charge in [0.25, 0.3) is 5.91 Å². The first-order chi connectivity index (χ1) is 13.3. The average molecular weight is 405 g/mol. The van der Waals surface area contributed by atoms with Gasteiger partial charge in [0.05, 0.1) is 16.1 Å². The van der Waals surface area contributed by atoms with E-state index >= 15 is 0 Å². The van der Waals surface area contributed by atoms with Crippen LogP contribution < -0.4 is 10.1 Å². The zero-order valence-electron chi connectivity index (χ0n) is 15.3. The van der Waals surface area contributed by atoms with Crippen molar-refractivity contribution in [3.8, 4) is 5.75 Å². The molecular weight excluding hydrogens is 387 g/mol. The molecule has 2 aromatic carbocycles. The predicted octanol–water partition coefficient (Wildman–Crippen LogP) is 6.22. The van der Waals surface area contributed by atoms with E-state index in [9.17, 15) is 18.0 Å². The quantitative estimate of drug-likeness (QED) is 0.548. The number of aryl methyl sites for hydroxylation is 1. The van der Waals surface area contributed by atoms with Crippen molar-refractivity contribution >= 4 is 22.9 Å². The van der Waals surface area contributed by atoms with Crippen molar-refractivity contribution in [1.29, 1.82) is 0 Å². The van der Waals surface area contributed by atoms with Crippen LogP contribution in [0.5, 0.6) is 5.75 Å². The molecule has 146 valence electrons. The third-order valence-corrected chi connectivity index (χ3v) is 5.29. The molecule has 0 fully saturated rings. The highest BCUT2D eigenvalue weighted by molar-refractivity contribution is 7.12. The van der Waals surface area contributed by atoms with Gasteiger partial charge in [0.1, 0.15) is 12.4 Å². The lowest BCUT2D eigenvalue weighted by molar-refractivity contribution is -0.136. The molecule has 7 heteroatoms. The predicted molar refractivity (Wildman–Crippen MR) is 104 cm³/mol. The number of alkyl halides is 3. The standard InChI is InChI=1S/C21H18F3NO2S/c1-13-6-5-9-18(14(13)2)27-11-15-10-19(28-12-15)20(26)25-17-8-4-3-7-16(17)21(22,23)24/h3-10,12H,11H2,1-2H3,(H,25,26). The largest absolute Gasteiger partial charge is 0.489 e. The van der Waals surface area contributed by atoms with Gasteiger partial charge in [-0.05, 0) is 54.6 Å². The second-order valence-electron chi connectivity index (χ2n) is 6.30. The molecule has 0 unspecified atom stereocenters. The van der Waals surface area contributed by atoms with E-state index in [1.165, 1.54) is 18.2 Å². The van der Waals surface area contributed by atoms with Crippen LogP contribution in [0.4, 0.5) is 18.9 Å². The maximum atomic E-state index is 13.1. The molecular formula is C21H18F3NO2S. The highest BCUT2D eigenvalue weighted by atomic mass is 32.1. The third-order valence-electron chi connectivity index (χ3n) is 4.31. The minimum Gasteiger partial charge on any atom is -0.489 e. The highest BCUT2D eigenvalue weighted by Crippen LogP contribution is 2.35. The van der Waals surface area contributed by atoms with E-state index < -0.39 is 17.6 Å². The van der Waals surface area contributed by atoms with Crippen molar-refractivity contribution in [1.82, 2.24) is 0 Å². The lowest BCUT2D eigenvalue weighted by Crippen LogP contribution is -2.15. The first kappa shape index (κ1) is 19.9. The van der Waals surface area contributed by atoms with Gasteiger partial charge < -0.3 is 10.1 Å². The Morgan fingerprint density at radius 3 is 2.61 bits per heavy atom. The molecule has 0 atom stereocenters. The SMILES string of the molecule is Cc1cccc(OCc2csc(C(=O)Nc3ccccc3C(F)(F)F)c2)c1C. The van der Waals surface area contributed by atoms with Gasteiger partial charge in [-0.15, -0.1) is 11.3 Å². The van der Waals surface area contributed by atoms with Crippen LogP contribution in [-0.4, -0.2) is 5.91 Å². The van der Waals surface area contributed by atoms with Crippen LogP contribution in [0.25, 0.3) is 0 Å². The monoisotopic (exact) mass is 405 g/mol. The number of para-hydroxylation sites is 1. The summed E-state index contributed by atoms with van der Waals surface area (Å²) in [5, 5.41) is 4.11. The lowest BCUT2D eigenvalue weighted by atomic mass is 10.1. The molecule has 0 aliphatic heterocycles. The van der Waals surface area contributed by atoms with Gasteiger partial charge in [-0.25, -0.2) is 0 Å². The van der Waals surface area contributed by atoms with Gasteiger partial charge >= 0.3 is 6.18 Å². The third kappa shape index (κ3) is 4.54. The first-order valence-electron chi connectivity index (χ1n) is 8.49. The van der Waals surface area contributed by atoms with Gasteiger partial charge in [0.15, 0.2) is 0 Å². The number of ether oxygens (including phenoxy) is 1. The summed E-state index contributed by atoms with van der Waals surface area (Å²) in [7, 11) is 0. The van der Waals surface area contributed by atoms with E-state index in [-0.39, 0.29) is 12.3 Å². The number of hydrogen-bond donors (Lipinski definition) is 1. The number of nitrogens with one attached hydrogen (secondary N) is 1. The van der Waals surface area contributed by atoms with Crippen molar-refractivity contribution in [3.05, 3.63) is 81.0 Å².